The molecule has 1 aliphatic carbocycles. The van der Waals surface area contributed by atoms with Crippen LogP contribution in [-0.2, 0) is 4.79 Å². The number of β-lactam (4-membered cyclic amide) rings is 1. The van der Waals surface area contributed by atoms with Gasteiger partial charge in [-0.2, -0.15) is 0 Å². The number of primary amides is 1. The molecule has 15 heavy (non-hydrogen) atoms. The Kier molecular flexibility index (Phi) is 1.37. The quantitative estimate of drug-likeness (QED) is 0.452. The Hall–Kier alpha value is -1.52. The van der Waals surface area contributed by atoms with Gasteiger partial charge in [0.05, 0.1) is 18.0 Å². The van der Waals surface area contributed by atoms with Crippen molar-refractivity contribution in [2.24, 2.45) is 17.6 Å². The zero-order valence-corrected chi connectivity index (χ0v) is 8.68. The fraction of sp³-hybridized carbons (Fsp3) is 0.600. The number of hydrazine groups is 1. The molecular weight excluding hydrogens is 194 g/mol. The van der Waals surface area contributed by atoms with E-state index in [0.717, 1.165) is 0 Å². The van der Waals surface area contributed by atoms with Gasteiger partial charge in [-0.15, -0.1) is 0 Å². The van der Waals surface area contributed by atoms with Gasteiger partial charge in [0.25, 0.3) is 0 Å². The summed E-state index contributed by atoms with van der Waals surface area (Å²) >= 11 is 0. The van der Waals surface area contributed by atoms with E-state index in [9.17, 15) is 9.59 Å². The monoisotopic (exact) mass is 207 g/mol. The van der Waals surface area contributed by atoms with Crippen LogP contribution in [0.1, 0.15) is 13.8 Å². The van der Waals surface area contributed by atoms with Gasteiger partial charge in [0.1, 0.15) is 0 Å². The van der Waals surface area contributed by atoms with E-state index in [1.54, 1.807) is 0 Å². The van der Waals surface area contributed by atoms with Crippen LogP contribution in [-0.4, -0.2) is 34.0 Å². The molecule has 3 amide bonds. The van der Waals surface area contributed by atoms with Gasteiger partial charge in [-0.1, -0.05) is 18.6 Å². The highest BCUT2D eigenvalue weighted by Crippen LogP contribution is 2.51. The molecule has 2 aliphatic heterocycles. The summed E-state index contributed by atoms with van der Waals surface area (Å²) in [4.78, 5) is 22.9. The minimum absolute atomic E-state index is 0.00870. The summed E-state index contributed by atoms with van der Waals surface area (Å²) in [5.41, 5.74) is 6.55. The van der Waals surface area contributed by atoms with Crippen molar-refractivity contribution < 1.29 is 9.59 Å². The van der Waals surface area contributed by atoms with E-state index in [4.69, 9.17) is 5.73 Å². The van der Waals surface area contributed by atoms with E-state index in [1.807, 2.05) is 19.9 Å². The van der Waals surface area contributed by atoms with Crippen LogP contribution in [0.2, 0.25) is 0 Å². The molecule has 2 saturated heterocycles. The van der Waals surface area contributed by atoms with Gasteiger partial charge in [0.15, 0.2) is 0 Å². The minimum atomic E-state index is -0.531. The number of carbonyl (C=O) groups excluding carboxylic acids is 2. The van der Waals surface area contributed by atoms with Gasteiger partial charge in [0, 0.05) is 5.92 Å². The number of urea groups is 1. The van der Waals surface area contributed by atoms with Crippen molar-refractivity contribution in [3.05, 3.63) is 11.6 Å². The van der Waals surface area contributed by atoms with Gasteiger partial charge in [0.2, 0.25) is 5.91 Å². The van der Waals surface area contributed by atoms with Crippen LogP contribution < -0.4 is 5.73 Å². The third-order valence-electron chi connectivity index (χ3n) is 3.85. The van der Waals surface area contributed by atoms with Crippen LogP contribution in [0.5, 0.6) is 0 Å². The summed E-state index contributed by atoms with van der Waals surface area (Å²) in [7, 11) is 0. The van der Waals surface area contributed by atoms with E-state index in [0.29, 0.717) is 5.92 Å². The fourth-order valence-electron chi connectivity index (χ4n) is 3.07. The predicted octanol–water partition coefficient (Wildman–Crippen LogP) is 0.0873. The highest BCUT2D eigenvalue weighted by Gasteiger charge is 2.64. The Balaban J connectivity index is 2.00. The van der Waals surface area contributed by atoms with Crippen molar-refractivity contribution in [3.63, 3.8) is 0 Å². The van der Waals surface area contributed by atoms with Crippen LogP contribution >= 0.6 is 0 Å². The van der Waals surface area contributed by atoms with E-state index >= 15 is 0 Å². The maximum absolute atomic E-state index is 11.6. The van der Waals surface area contributed by atoms with Crippen molar-refractivity contribution in [1.29, 1.82) is 0 Å². The van der Waals surface area contributed by atoms with Gasteiger partial charge < -0.3 is 5.73 Å². The molecule has 4 atom stereocenters. The maximum atomic E-state index is 11.6. The molecule has 3 rings (SSSR count). The number of fused-ring (bicyclic) bond motifs is 3. The number of rotatable bonds is 0. The lowest BCUT2D eigenvalue weighted by molar-refractivity contribution is -0.169. The standard InChI is InChI=1S/C10H13N3O2/c1-4-3-6-7(4)8-5(2)9(14)13(8)12(6)10(11)15/h3,5-8H,1-2H3,(H2,11,15)/t5-,6-,7+,8+/m1/s1. The van der Waals surface area contributed by atoms with Crippen molar-refractivity contribution in [2.45, 2.75) is 25.9 Å². The van der Waals surface area contributed by atoms with Crippen molar-refractivity contribution >= 4 is 11.9 Å². The summed E-state index contributed by atoms with van der Waals surface area (Å²) in [6, 6.07) is -0.363. The number of amides is 3. The average Bonchev–Trinajstić information content (AvgIpc) is 2.43. The zero-order valence-electron chi connectivity index (χ0n) is 8.68. The second-order valence-corrected chi connectivity index (χ2v) is 4.57. The molecule has 0 aromatic rings. The van der Waals surface area contributed by atoms with Gasteiger partial charge in [-0.05, 0) is 6.92 Å². The second-order valence-electron chi connectivity index (χ2n) is 4.57. The molecular formula is C10H13N3O2. The van der Waals surface area contributed by atoms with E-state index in [-0.39, 0.29) is 23.9 Å². The number of carbonyl (C=O) groups is 2. The number of hydrogen-bond donors (Lipinski definition) is 1. The molecule has 2 heterocycles. The first-order valence-corrected chi connectivity index (χ1v) is 5.14. The third kappa shape index (κ3) is 0.760. The van der Waals surface area contributed by atoms with Crippen LogP contribution in [0.15, 0.2) is 11.6 Å². The fourth-order valence-corrected chi connectivity index (χ4v) is 3.07. The lowest BCUT2D eigenvalue weighted by Crippen LogP contribution is -2.63. The topological polar surface area (TPSA) is 66.6 Å². The molecule has 5 heteroatoms. The van der Waals surface area contributed by atoms with E-state index in [2.05, 4.69) is 0 Å². The molecule has 0 spiro atoms. The average molecular weight is 207 g/mol. The highest BCUT2D eigenvalue weighted by molar-refractivity contribution is 5.90. The summed E-state index contributed by atoms with van der Waals surface area (Å²) in [6.07, 6.45) is 2.01. The summed E-state index contributed by atoms with van der Waals surface area (Å²) in [5.74, 6) is 0.338. The van der Waals surface area contributed by atoms with Crippen LogP contribution in [0, 0.1) is 11.8 Å². The van der Waals surface area contributed by atoms with E-state index in [1.165, 1.54) is 15.6 Å². The van der Waals surface area contributed by atoms with Gasteiger partial charge in [-0.3, -0.25) is 4.79 Å². The van der Waals surface area contributed by atoms with Crippen molar-refractivity contribution in [3.8, 4) is 0 Å². The highest BCUT2D eigenvalue weighted by atomic mass is 16.2. The predicted molar refractivity (Wildman–Crippen MR) is 52.3 cm³/mol. The minimum Gasteiger partial charge on any atom is -0.350 e. The summed E-state index contributed by atoms with van der Waals surface area (Å²) in [6.45, 7) is 3.95. The van der Waals surface area contributed by atoms with Gasteiger partial charge in [-0.25, -0.2) is 14.8 Å². The summed E-state index contributed by atoms with van der Waals surface area (Å²) < 4.78 is 0. The molecule has 0 unspecified atom stereocenters. The zero-order chi connectivity index (χ0) is 10.9. The Labute approximate surface area is 87.5 Å². The molecule has 0 bridgehead atoms. The Bertz CT molecular complexity index is 403. The molecule has 0 aromatic heterocycles. The molecule has 3 aliphatic rings. The largest absolute Gasteiger partial charge is 0.350 e. The first-order chi connectivity index (χ1) is 7.04. The Morgan fingerprint density at radius 2 is 2.20 bits per heavy atom. The molecule has 5 nitrogen and oxygen atoms in total. The first-order valence-electron chi connectivity index (χ1n) is 5.14. The molecule has 0 saturated carbocycles. The molecule has 2 N–H and O–H groups in total. The molecule has 0 aromatic carbocycles. The third-order valence-corrected chi connectivity index (χ3v) is 3.85. The lowest BCUT2D eigenvalue weighted by Gasteiger charge is -2.44. The number of nitrogens with zero attached hydrogens (tertiary/aromatic N) is 2. The van der Waals surface area contributed by atoms with Crippen LogP contribution in [0.4, 0.5) is 4.79 Å². The second kappa shape index (κ2) is 2.35. The Morgan fingerprint density at radius 1 is 1.53 bits per heavy atom. The van der Waals surface area contributed by atoms with Crippen LogP contribution in [0.25, 0.3) is 0 Å². The molecule has 0 radical (unpaired) electrons. The number of hydrogen-bond acceptors (Lipinski definition) is 2. The maximum Gasteiger partial charge on any atom is 0.334 e. The van der Waals surface area contributed by atoms with Crippen molar-refractivity contribution in [2.75, 3.05) is 0 Å². The summed E-state index contributed by atoms with van der Waals surface area (Å²) in [5, 5.41) is 2.94. The number of nitrogens with two attached hydrogens (primary N) is 1. The van der Waals surface area contributed by atoms with Crippen molar-refractivity contribution in [1.82, 2.24) is 10.0 Å². The normalized spacial score (nSPS) is 41.5. The van der Waals surface area contributed by atoms with E-state index < -0.39 is 6.03 Å². The lowest BCUT2D eigenvalue weighted by atomic mass is 9.71. The molecule has 2 fully saturated rings. The SMILES string of the molecule is CC1=C[C@@H]2[C@H]1[C@@H]1[C@@H](C)C(=O)N1N2C(N)=O. The van der Waals surface area contributed by atoms with Gasteiger partial charge >= 0.3 is 6.03 Å². The molecule has 80 valence electrons. The smallest absolute Gasteiger partial charge is 0.334 e. The van der Waals surface area contributed by atoms with Crippen LogP contribution in [0.3, 0.4) is 0 Å². The Morgan fingerprint density at radius 3 is 2.73 bits per heavy atom. The first kappa shape index (κ1) is 8.76.